The first-order chi connectivity index (χ1) is 16.9. The van der Waals surface area contributed by atoms with E-state index in [-0.39, 0.29) is 13.2 Å². The Kier molecular flexibility index (Phi) is 9.34. The van der Waals surface area contributed by atoms with Gasteiger partial charge in [-0.3, -0.25) is 9.59 Å². The maximum atomic E-state index is 12.0. The SMILES string of the molecule is COc1ccc(CNC(=O)C(=O)N/N=C\c2cc(Cl)c(OCc3ccc(Cl)cc3)c(OC)c2)cc1. The molecule has 0 aromatic heterocycles. The molecular weight excluding hydrogens is 493 g/mol. The van der Waals surface area contributed by atoms with Crippen molar-refractivity contribution in [1.82, 2.24) is 10.7 Å². The number of amides is 2. The van der Waals surface area contributed by atoms with Crippen molar-refractivity contribution in [3.63, 3.8) is 0 Å². The lowest BCUT2D eigenvalue weighted by atomic mass is 10.2. The molecule has 0 heterocycles. The second-order valence-corrected chi connectivity index (χ2v) is 8.02. The van der Waals surface area contributed by atoms with Crippen LogP contribution in [0.2, 0.25) is 10.0 Å². The predicted molar refractivity (Wildman–Crippen MR) is 134 cm³/mol. The smallest absolute Gasteiger partial charge is 0.329 e. The number of nitrogens with zero attached hydrogens (tertiary/aromatic N) is 1. The van der Waals surface area contributed by atoms with Crippen LogP contribution in [-0.4, -0.2) is 32.2 Å². The molecule has 0 fully saturated rings. The van der Waals surface area contributed by atoms with E-state index in [1.165, 1.54) is 13.3 Å². The zero-order valence-corrected chi connectivity index (χ0v) is 20.5. The summed E-state index contributed by atoms with van der Waals surface area (Å²) in [6, 6.07) is 17.6. The lowest BCUT2D eigenvalue weighted by Crippen LogP contribution is -2.37. The van der Waals surface area contributed by atoms with E-state index >= 15 is 0 Å². The molecule has 8 nitrogen and oxygen atoms in total. The third kappa shape index (κ3) is 7.63. The summed E-state index contributed by atoms with van der Waals surface area (Å²) in [5.41, 5.74) is 4.44. The summed E-state index contributed by atoms with van der Waals surface area (Å²) in [7, 11) is 3.05. The van der Waals surface area contributed by atoms with Crippen LogP contribution in [0, 0.1) is 0 Å². The molecule has 3 rings (SSSR count). The molecule has 0 saturated carbocycles. The lowest BCUT2D eigenvalue weighted by molar-refractivity contribution is -0.139. The highest BCUT2D eigenvalue weighted by Crippen LogP contribution is 2.36. The first kappa shape index (κ1) is 25.9. The van der Waals surface area contributed by atoms with Gasteiger partial charge in [-0.2, -0.15) is 5.10 Å². The molecule has 0 aliphatic carbocycles. The first-order valence-corrected chi connectivity index (χ1v) is 11.1. The van der Waals surface area contributed by atoms with E-state index < -0.39 is 11.8 Å². The molecule has 3 aromatic carbocycles. The monoisotopic (exact) mass is 515 g/mol. The Morgan fingerprint density at radius 1 is 0.914 bits per heavy atom. The molecule has 0 atom stereocenters. The fraction of sp³-hybridized carbons (Fsp3) is 0.160. The summed E-state index contributed by atoms with van der Waals surface area (Å²) in [4.78, 5) is 24.0. The van der Waals surface area contributed by atoms with E-state index in [4.69, 9.17) is 37.4 Å². The topological polar surface area (TPSA) is 98.2 Å². The van der Waals surface area contributed by atoms with Gasteiger partial charge in [-0.1, -0.05) is 47.5 Å². The summed E-state index contributed by atoms with van der Waals surface area (Å²) < 4.78 is 16.3. The molecule has 0 unspecified atom stereocenters. The molecular formula is C25H23Cl2N3O5. The number of hydrazone groups is 1. The summed E-state index contributed by atoms with van der Waals surface area (Å²) in [6.45, 7) is 0.451. The Balaban J connectivity index is 1.55. The van der Waals surface area contributed by atoms with Crippen LogP contribution >= 0.6 is 23.2 Å². The van der Waals surface area contributed by atoms with Crippen molar-refractivity contribution >= 4 is 41.2 Å². The molecule has 0 bridgehead atoms. The number of ether oxygens (including phenoxy) is 3. The number of rotatable bonds is 9. The van der Waals surface area contributed by atoms with Gasteiger partial charge in [-0.25, -0.2) is 5.43 Å². The second kappa shape index (κ2) is 12.6. The van der Waals surface area contributed by atoms with E-state index in [2.05, 4.69) is 15.8 Å². The van der Waals surface area contributed by atoms with Crippen molar-refractivity contribution < 1.29 is 23.8 Å². The van der Waals surface area contributed by atoms with Gasteiger partial charge in [-0.15, -0.1) is 0 Å². The Hall–Kier alpha value is -3.75. The number of methoxy groups -OCH3 is 2. The van der Waals surface area contributed by atoms with Crippen molar-refractivity contribution in [3.05, 3.63) is 87.4 Å². The Labute approximate surface area is 212 Å². The van der Waals surface area contributed by atoms with Crippen LogP contribution in [0.4, 0.5) is 0 Å². The number of nitrogens with one attached hydrogen (secondary N) is 2. The van der Waals surface area contributed by atoms with Gasteiger partial charge in [-0.05, 0) is 53.1 Å². The van der Waals surface area contributed by atoms with Crippen LogP contribution < -0.4 is 25.0 Å². The van der Waals surface area contributed by atoms with Crippen molar-refractivity contribution in [1.29, 1.82) is 0 Å². The van der Waals surface area contributed by atoms with Gasteiger partial charge in [0.1, 0.15) is 12.4 Å². The highest BCUT2D eigenvalue weighted by Gasteiger charge is 2.14. The van der Waals surface area contributed by atoms with E-state index in [9.17, 15) is 9.59 Å². The number of hydrogen-bond donors (Lipinski definition) is 2. The fourth-order valence-electron chi connectivity index (χ4n) is 2.91. The molecule has 0 aliphatic heterocycles. The van der Waals surface area contributed by atoms with Crippen molar-refractivity contribution in [3.8, 4) is 17.2 Å². The van der Waals surface area contributed by atoms with E-state index in [1.807, 2.05) is 12.1 Å². The Bertz CT molecular complexity index is 1200. The van der Waals surface area contributed by atoms with E-state index in [0.717, 1.165) is 11.1 Å². The minimum atomic E-state index is -0.907. The fourth-order valence-corrected chi connectivity index (χ4v) is 3.31. The number of halogens is 2. The average Bonchev–Trinajstić information content (AvgIpc) is 2.87. The van der Waals surface area contributed by atoms with Gasteiger partial charge in [0.2, 0.25) is 0 Å². The van der Waals surface area contributed by atoms with Gasteiger partial charge in [0.05, 0.1) is 25.5 Å². The minimum Gasteiger partial charge on any atom is -0.497 e. The molecule has 10 heteroatoms. The van der Waals surface area contributed by atoms with Crippen molar-refractivity contribution in [2.45, 2.75) is 13.2 Å². The zero-order valence-electron chi connectivity index (χ0n) is 19.0. The normalized spacial score (nSPS) is 10.6. The molecule has 0 radical (unpaired) electrons. The van der Waals surface area contributed by atoms with Crippen LogP contribution in [-0.2, 0) is 22.7 Å². The third-order valence-electron chi connectivity index (χ3n) is 4.75. The minimum absolute atomic E-state index is 0.185. The number of carbonyl (C=O) groups is 2. The number of hydrogen-bond acceptors (Lipinski definition) is 6. The Morgan fingerprint density at radius 2 is 1.60 bits per heavy atom. The van der Waals surface area contributed by atoms with E-state index in [1.54, 1.807) is 55.6 Å². The zero-order chi connectivity index (χ0) is 25.2. The predicted octanol–water partition coefficient (Wildman–Crippen LogP) is 4.36. The van der Waals surface area contributed by atoms with E-state index in [0.29, 0.717) is 32.9 Å². The lowest BCUT2D eigenvalue weighted by Gasteiger charge is -2.13. The standard InChI is InChI=1S/C25H23Cl2N3O5/c1-33-20-9-5-16(6-10-20)13-28-24(31)25(32)30-29-14-18-11-21(27)23(22(12-18)34-2)35-15-17-3-7-19(26)8-4-17/h3-12,14H,13,15H2,1-2H3,(H,28,31)(H,30,32)/b29-14-. The quantitative estimate of drug-likeness (QED) is 0.250. The van der Waals surface area contributed by atoms with Gasteiger partial charge in [0.25, 0.3) is 0 Å². The van der Waals surface area contributed by atoms with Crippen LogP contribution in [0.1, 0.15) is 16.7 Å². The summed E-state index contributed by atoms with van der Waals surface area (Å²) >= 11 is 12.3. The van der Waals surface area contributed by atoms with Crippen LogP contribution in [0.15, 0.2) is 65.8 Å². The van der Waals surface area contributed by atoms with Crippen molar-refractivity contribution in [2.24, 2.45) is 5.10 Å². The van der Waals surface area contributed by atoms with Crippen LogP contribution in [0.25, 0.3) is 0 Å². The molecule has 0 saturated heterocycles. The number of benzene rings is 3. The molecule has 0 spiro atoms. The molecule has 3 aromatic rings. The van der Waals surface area contributed by atoms with Gasteiger partial charge in [0.15, 0.2) is 11.5 Å². The molecule has 182 valence electrons. The molecule has 2 N–H and O–H groups in total. The maximum absolute atomic E-state index is 12.0. The number of carbonyl (C=O) groups excluding carboxylic acids is 2. The Morgan fingerprint density at radius 3 is 2.26 bits per heavy atom. The largest absolute Gasteiger partial charge is 0.497 e. The van der Waals surface area contributed by atoms with Gasteiger partial charge >= 0.3 is 11.8 Å². The highest BCUT2D eigenvalue weighted by atomic mass is 35.5. The first-order valence-electron chi connectivity index (χ1n) is 10.4. The summed E-state index contributed by atoms with van der Waals surface area (Å²) in [6.07, 6.45) is 1.34. The summed E-state index contributed by atoms with van der Waals surface area (Å²) in [5, 5.41) is 7.27. The second-order valence-electron chi connectivity index (χ2n) is 7.18. The van der Waals surface area contributed by atoms with Gasteiger partial charge < -0.3 is 19.5 Å². The highest BCUT2D eigenvalue weighted by molar-refractivity contribution is 6.35. The molecule has 35 heavy (non-hydrogen) atoms. The summed E-state index contributed by atoms with van der Waals surface area (Å²) in [5.74, 6) is -0.278. The molecule has 0 aliphatic rings. The average molecular weight is 516 g/mol. The van der Waals surface area contributed by atoms with Crippen molar-refractivity contribution in [2.75, 3.05) is 14.2 Å². The van der Waals surface area contributed by atoms with Gasteiger partial charge in [0, 0.05) is 11.6 Å². The molecule has 2 amide bonds. The van der Waals surface area contributed by atoms with Crippen LogP contribution in [0.5, 0.6) is 17.2 Å². The third-order valence-corrected chi connectivity index (χ3v) is 5.28. The maximum Gasteiger partial charge on any atom is 0.329 e. The van der Waals surface area contributed by atoms with Crippen LogP contribution in [0.3, 0.4) is 0 Å².